The summed E-state index contributed by atoms with van der Waals surface area (Å²) in [5.74, 6) is -1.35. The Morgan fingerprint density at radius 3 is 2.84 bits per heavy atom. The van der Waals surface area contributed by atoms with Gasteiger partial charge in [0.1, 0.15) is 0 Å². The zero-order chi connectivity index (χ0) is 14.0. The highest BCUT2D eigenvalue weighted by molar-refractivity contribution is 5.77. The summed E-state index contributed by atoms with van der Waals surface area (Å²) in [5.41, 5.74) is 5.25. The summed E-state index contributed by atoms with van der Waals surface area (Å²) >= 11 is 0. The molecule has 0 spiro atoms. The van der Waals surface area contributed by atoms with Crippen molar-refractivity contribution < 1.29 is 14.1 Å². The summed E-state index contributed by atoms with van der Waals surface area (Å²) in [7, 11) is 0. The lowest BCUT2D eigenvalue weighted by molar-refractivity contribution is -0.385. The molecule has 1 amide bonds. The number of non-ortho nitro benzene ring substituents is 1. The van der Waals surface area contributed by atoms with Crippen molar-refractivity contribution in [2.75, 3.05) is 18.0 Å². The summed E-state index contributed by atoms with van der Waals surface area (Å²) in [6, 6.07) is 3.52. The Hall–Kier alpha value is -2.18. The van der Waals surface area contributed by atoms with Crippen molar-refractivity contribution in [2.24, 2.45) is 11.7 Å². The third-order valence-electron chi connectivity index (χ3n) is 3.31. The maximum absolute atomic E-state index is 13.9. The lowest BCUT2D eigenvalue weighted by atomic mass is 9.97. The van der Waals surface area contributed by atoms with Crippen molar-refractivity contribution in [3.8, 4) is 0 Å². The molecule has 2 N–H and O–H groups in total. The number of carbonyl (C=O) groups is 1. The molecule has 1 aliphatic heterocycles. The van der Waals surface area contributed by atoms with Crippen molar-refractivity contribution in [3.05, 3.63) is 34.1 Å². The van der Waals surface area contributed by atoms with Gasteiger partial charge in [0.15, 0.2) is 5.82 Å². The van der Waals surface area contributed by atoms with E-state index in [0.29, 0.717) is 19.5 Å². The van der Waals surface area contributed by atoms with Crippen LogP contribution in [0.4, 0.5) is 15.8 Å². The minimum Gasteiger partial charge on any atom is -0.369 e. The Bertz CT molecular complexity index is 521. The number of hydrogen-bond acceptors (Lipinski definition) is 4. The SMILES string of the molecule is NC(=O)C1CCCN(c2ccc([N+](=O)[O-])cc2F)C1. The number of nitro groups is 1. The molecule has 1 atom stereocenters. The van der Waals surface area contributed by atoms with E-state index < -0.39 is 16.6 Å². The van der Waals surface area contributed by atoms with Crippen LogP contribution in [0.3, 0.4) is 0 Å². The van der Waals surface area contributed by atoms with Crippen LogP contribution >= 0.6 is 0 Å². The van der Waals surface area contributed by atoms with Crippen molar-refractivity contribution in [1.82, 2.24) is 0 Å². The molecule has 0 bridgehead atoms. The number of primary amides is 1. The fourth-order valence-electron chi connectivity index (χ4n) is 2.29. The van der Waals surface area contributed by atoms with E-state index in [1.807, 2.05) is 0 Å². The van der Waals surface area contributed by atoms with Gasteiger partial charge >= 0.3 is 0 Å². The Kier molecular flexibility index (Phi) is 3.64. The number of carbonyl (C=O) groups excluding carboxylic acids is 1. The fourth-order valence-corrected chi connectivity index (χ4v) is 2.29. The normalized spacial score (nSPS) is 19.2. The molecule has 102 valence electrons. The zero-order valence-corrected chi connectivity index (χ0v) is 10.2. The van der Waals surface area contributed by atoms with E-state index in [1.54, 1.807) is 4.90 Å². The van der Waals surface area contributed by atoms with E-state index in [4.69, 9.17) is 5.73 Å². The fraction of sp³-hybridized carbons (Fsp3) is 0.417. The van der Waals surface area contributed by atoms with E-state index in [-0.39, 0.29) is 17.3 Å². The molecule has 1 fully saturated rings. The third kappa shape index (κ3) is 2.81. The van der Waals surface area contributed by atoms with Crippen LogP contribution in [0.25, 0.3) is 0 Å². The van der Waals surface area contributed by atoms with Crippen LogP contribution in [0.15, 0.2) is 18.2 Å². The van der Waals surface area contributed by atoms with Gasteiger partial charge in [-0.1, -0.05) is 0 Å². The van der Waals surface area contributed by atoms with E-state index in [0.717, 1.165) is 12.5 Å². The van der Waals surface area contributed by atoms with E-state index in [9.17, 15) is 19.3 Å². The second-order valence-corrected chi connectivity index (χ2v) is 4.58. The Labute approximate surface area is 109 Å². The topological polar surface area (TPSA) is 89.5 Å². The van der Waals surface area contributed by atoms with Gasteiger partial charge in [-0.05, 0) is 18.9 Å². The number of nitrogens with two attached hydrogens (primary N) is 1. The highest BCUT2D eigenvalue weighted by atomic mass is 19.1. The van der Waals surface area contributed by atoms with Crippen LogP contribution in [0, 0.1) is 21.8 Å². The highest BCUT2D eigenvalue weighted by Gasteiger charge is 2.26. The third-order valence-corrected chi connectivity index (χ3v) is 3.31. The average molecular weight is 267 g/mol. The number of amides is 1. The number of nitro benzene ring substituents is 1. The van der Waals surface area contributed by atoms with Gasteiger partial charge in [0.05, 0.1) is 22.6 Å². The van der Waals surface area contributed by atoms with Crippen molar-refractivity contribution in [1.29, 1.82) is 0 Å². The predicted octanol–water partition coefficient (Wildman–Crippen LogP) is 1.44. The monoisotopic (exact) mass is 267 g/mol. The van der Waals surface area contributed by atoms with Crippen LogP contribution in [0.5, 0.6) is 0 Å². The molecule has 0 aromatic heterocycles. The molecule has 1 aliphatic rings. The molecule has 1 aromatic carbocycles. The predicted molar refractivity (Wildman–Crippen MR) is 67.2 cm³/mol. The minimum atomic E-state index is -0.653. The summed E-state index contributed by atoms with van der Waals surface area (Å²) in [4.78, 5) is 22.8. The van der Waals surface area contributed by atoms with Crippen LogP contribution in [0.2, 0.25) is 0 Å². The Balaban J connectivity index is 2.22. The van der Waals surface area contributed by atoms with Crippen LogP contribution < -0.4 is 10.6 Å². The lowest BCUT2D eigenvalue weighted by Crippen LogP contribution is -2.41. The minimum absolute atomic E-state index is 0.275. The molecule has 0 saturated carbocycles. The second-order valence-electron chi connectivity index (χ2n) is 4.58. The van der Waals surface area contributed by atoms with Gasteiger partial charge in [-0.3, -0.25) is 14.9 Å². The number of anilines is 1. The van der Waals surface area contributed by atoms with Gasteiger partial charge in [-0.15, -0.1) is 0 Å². The summed E-state index contributed by atoms with van der Waals surface area (Å²) in [6.07, 6.45) is 1.43. The summed E-state index contributed by atoms with van der Waals surface area (Å²) in [5, 5.41) is 10.5. The van der Waals surface area contributed by atoms with E-state index in [2.05, 4.69) is 0 Å². The first-order valence-corrected chi connectivity index (χ1v) is 5.97. The molecule has 1 aromatic rings. The molecule has 0 radical (unpaired) electrons. The van der Waals surface area contributed by atoms with Crippen molar-refractivity contribution >= 4 is 17.3 Å². The zero-order valence-electron chi connectivity index (χ0n) is 10.2. The quantitative estimate of drug-likeness (QED) is 0.662. The van der Waals surface area contributed by atoms with E-state index >= 15 is 0 Å². The van der Waals surface area contributed by atoms with E-state index in [1.165, 1.54) is 12.1 Å². The largest absolute Gasteiger partial charge is 0.369 e. The van der Waals surface area contributed by atoms with Gasteiger partial charge in [0, 0.05) is 19.2 Å². The molecule has 0 aliphatic carbocycles. The number of halogens is 1. The molecule has 6 nitrogen and oxygen atoms in total. The maximum atomic E-state index is 13.9. The first-order chi connectivity index (χ1) is 8.99. The smallest absolute Gasteiger partial charge is 0.272 e. The Morgan fingerprint density at radius 2 is 2.26 bits per heavy atom. The molecule has 19 heavy (non-hydrogen) atoms. The molecular weight excluding hydrogens is 253 g/mol. The maximum Gasteiger partial charge on any atom is 0.272 e. The average Bonchev–Trinajstić information content (AvgIpc) is 2.38. The molecular formula is C12H14FN3O3. The van der Waals surface area contributed by atoms with Crippen molar-refractivity contribution in [3.63, 3.8) is 0 Å². The number of piperidine rings is 1. The lowest BCUT2D eigenvalue weighted by Gasteiger charge is -2.33. The van der Waals surface area contributed by atoms with Gasteiger partial charge < -0.3 is 10.6 Å². The molecule has 1 unspecified atom stereocenters. The summed E-state index contributed by atoms with van der Waals surface area (Å²) in [6.45, 7) is 0.961. The van der Waals surface area contributed by atoms with Crippen molar-refractivity contribution in [2.45, 2.75) is 12.8 Å². The molecule has 1 saturated heterocycles. The van der Waals surface area contributed by atoms with Gasteiger partial charge in [0.2, 0.25) is 5.91 Å². The summed E-state index contributed by atoms with van der Waals surface area (Å²) < 4.78 is 13.9. The molecule has 1 heterocycles. The Morgan fingerprint density at radius 1 is 1.53 bits per heavy atom. The molecule has 2 rings (SSSR count). The second kappa shape index (κ2) is 5.21. The van der Waals surface area contributed by atoms with Crippen LogP contribution in [-0.4, -0.2) is 23.9 Å². The standard InChI is InChI=1S/C12H14FN3O3/c13-10-6-9(16(18)19)3-4-11(10)15-5-1-2-8(7-15)12(14)17/h3-4,6,8H,1-2,5,7H2,(H2,14,17). The number of hydrogen-bond donors (Lipinski definition) is 1. The highest BCUT2D eigenvalue weighted by Crippen LogP contribution is 2.28. The van der Waals surface area contributed by atoms with Crippen LogP contribution in [0.1, 0.15) is 12.8 Å². The number of benzene rings is 1. The van der Waals surface area contributed by atoms with Gasteiger partial charge in [-0.25, -0.2) is 4.39 Å². The number of nitrogens with zero attached hydrogens (tertiary/aromatic N) is 2. The molecule has 7 heteroatoms. The van der Waals surface area contributed by atoms with Crippen LogP contribution in [-0.2, 0) is 4.79 Å². The number of rotatable bonds is 3. The first kappa shape index (κ1) is 13.3. The van der Waals surface area contributed by atoms with Gasteiger partial charge in [-0.2, -0.15) is 0 Å². The first-order valence-electron chi connectivity index (χ1n) is 5.97. The van der Waals surface area contributed by atoms with Gasteiger partial charge in [0.25, 0.3) is 5.69 Å².